The van der Waals surface area contributed by atoms with E-state index >= 15 is 0 Å². The van der Waals surface area contributed by atoms with Gasteiger partial charge in [0.05, 0.1) is 25.6 Å². The van der Waals surface area contributed by atoms with E-state index in [2.05, 4.69) is 9.88 Å². The van der Waals surface area contributed by atoms with E-state index in [-0.39, 0.29) is 11.6 Å². The van der Waals surface area contributed by atoms with E-state index in [4.69, 9.17) is 39.5 Å². The zero-order valence-electron chi connectivity index (χ0n) is 15.9. The summed E-state index contributed by atoms with van der Waals surface area (Å²) in [6.45, 7) is 3.43. The van der Waals surface area contributed by atoms with Gasteiger partial charge < -0.3 is 4.74 Å². The highest BCUT2D eigenvalue weighted by molar-refractivity contribution is 7.15. The second-order valence-corrected chi connectivity index (χ2v) is 9.16. The average Bonchev–Trinajstić information content (AvgIpc) is 3.27. The lowest BCUT2D eigenvalue weighted by atomic mass is 10.1. The van der Waals surface area contributed by atoms with Crippen molar-refractivity contribution in [3.05, 3.63) is 54.1 Å². The molecule has 2 aromatic heterocycles. The fraction of sp³-hybridized carbons (Fsp3) is 0.316. The third-order valence-corrected chi connectivity index (χ3v) is 6.66. The molecule has 0 saturated carbocycles. The molecule has 10 heteroatoms. The Hall–Kier alpha value is -1.80. The van der Waals surface area contributed by atoms with Gasteiger partial charge in [-0.1, -0.05) is 34.8 Å². The fourth-order valence-electron chi connectivity index (χ4n) is 3.83. The molecule has 6 nitrogen and oxygen atoms in total. The van der Waals surface area contributed by atoms with Crippen LogP contribution in [0.5, 0.6) is 5.88 Å². The molecule has 29 heavy (non-hydrogen) atoms. The summed E-state index contributed by atoms with van der Waals surface area (Å²) >= 11 is 19.9. The molecule has 1 aliphatic heterocycles. The van der Waals surface area contributed by atoms with Crippen LogP contribution in [0.25, 0.3) is 11.1 Å². The number of fused-ring (bicyclic) bond motifs is 1. The molecule has 1 atom stereocenters. The molecule has 1 unspecified atom stereocenters. The summed E-state index contributed by atoms with van der Waals surface area (Å²) in [5.41, 5.74) is 0.826. The zero-order chi connectivity index (χ0) is 20.9. The molecule has 0 spiro atoms. The van der Waals surface area contributed by atoms with E-state index in [1.807, 2.05) is 18.5 Å². The van der Waals surface area contributed by atoms with Crippen molar-refractivity contribution in [2.24, 2.45) is 7.05 Å². The molecule has 3 aromatic rings. The van der Waals surface area contributed by atoms with Crippen molar-refractivity contribution in [2.75, 3.05) is 25.1 Å². The first kappa shape index (κ1) is 20.5. The van der Waals surface area contributed by atoms with Gasteiger partial charge in [0.15, 0.2) is 10.5 Å². The van der Waals surface area contributed by atoms with E-state index < -0.39 is 0 Å². The van der Waals surface area contributed by atoms with Gasteiger partial charge in [-0.25, -0.2) is 14.3 Å². The molecule has 0 aliphatic carbocycles. The second-order valence-electron chi connectivity index (χ2n) is 6.65. The molecule has 4 rings (SSSR count). The molecule has 0 amide bonds. The zero-order valence-corrected chi connectivity index (χ0v) is 19.0. The molecule has 3 heterocycles. The van der Waals surface area contributed by atoms with E-state index in [0.717, 1.165) is 17.4 Å². The van der Waals surface area contributed by atoms with Crippen LogP contribution in [0.3, 0.4) is 0 Å². The Bertz CT molecular complexity index is 1140. The number of halogens is 3. The minimum Gasteiger partial charge on any atom is -0.471 e. The van der Waals surface area contributed by atoms with Crippen molar-refractivity contribution in [3.8, 4) is 17.0 Å². The Morgan fingerprint density at radius 2 is 1.97 bits per heavy atom. The molecule has 0 N–H and O–H groups in total. The first-order valence-electron chi connectivity index (χ1n) is 8.90. The standard InChI is InChI=1S/C19H18Cl3N4O2S/c1-4-25-9-13(14-8-23-18(22)29-14)26-16(27)15(17(28-3)24(2)19(25)26)10-5-11(20)7-12(21)6-10/h5-8,13H,4,9H2,1-3H3/q+1. The maximum absolute atomic E-state index is 13.8. The number of nitrogens with zero attached hydrogens (tertiary/aromatic N) is 4. The van der Waals surface area contributed by atoms with Crippen LogP contribution in [0.15, 0.2) is 29.2 Å². The Labute approximate surface area is 186 Å². The van der Waals surface area contributed by atoms with Crippen molar-refractivity contribution >= 4 is 52.1 Å². The Balaban J connectivity index is 2.05. The lowest BCUT2D eigenvalue weighted by Gasteiger charge is -2.16. The van der Waals surface area contributed by atoms with Gasteiger partial charge in [0, 0.05) is 16.2 Å². The number of benzene rings is 1. The van der Waals surface area contributed by atoms with Crippen LogP contribution >= 0.6 is 46.1 Å². The summed E-state index contributed by atoms with van der Waals surface area (Å²) < 4.78 is 9.77. The lowest BCUT2D eigenvalue weighted by Crippen LogP contribution is -2.43. The smallest absolute Gasteiger partial charge is 0.366 e. The van der Waals surface area contributed by atoms with Crippen LogP contribution in [-0.4, -0.2) is 29.8 Å². The molecular weight excluding hydrogens is 455 g/mol. The number of hydrogen-bond acceptors (Lipinski definition) is 5. The van der Waals surface area contributed by atoms with Crippen LogP contribution < -0.4 is 19.8 Å². The summed E-state index contributed by atoms with van der Waals surface area (Å²) in [6.07, 6.45) is 1.73. The summed E-state index contributed by atoms with van der Waals surface area (Å²) in [5.74, 6) is 1.21. The predicted molar refractivity (Wildman–Crippen MR) is 117 cm³/mol. The highest BCUT2D eigenvalue weighted by Crippen LogP contribution is 2.37. The monoisotopic (exact) mass is 471 g/mol. The number of hydrogen-bond donors (Lipinski definition) is 0. The third-order valence-electron chi connectivity index (χ3n) is 5.00. The number of aromatic nitrogens is 3. The van der Waals surface area contributed by atoms with Crippen LogP contribution in [-0.2, 0) is 7.05 Å². The predicted octanol–water partition coefficient (Wildman–Crippen LogP) is 4.19. The molecule has 1 aromatic carbocycles. The summed E-state index contributed by atoms with van der Waals surface area (Å²) in [4.78, 5) is 21.0. The van der Waals surface area contributed by atoms with Crippen molar-refractivity contribution in [2.45, 2.75) is 13.0 Å². The average molecular weight is 473 g/mol. The SMILES string of the molecule is CCN1CC(c2cnc(Cl)s2)n2c1[n+](C)c(OC)c(-c1cc(Cl)cc(Cl)c1)c2=O. The quantitative estimate of drug-likeness (QED) is 0.534. The number of likely N-dealkylation sites (N-methyl/N-ethyl adjacent to an activating group) is 1. The van der Waals surface area contributed by atoms with Gasteiger partial charge >= 0.3 is 11.5 Å². The summed E-state index contributed by atoms with van der Waals surface area (Å²) in [7, 11) is 3.43. The Morgan fingerprint density at radius 3 is 2.52 bits per heavy atom. The van der Waals surface area contributed by atoms with Crippen molar-refractivity contribution < 1.29 is 9.30 Å². The van der Waals surface area contributed by atoms with Gasteiger partial charge in [-0.2, -0.15) is 4.57 Å². The first-order chi connectivity index (χ1) is 13.8. The minimum atomic E-state index is -0.201. The third kappa shape index (κ3) is 3.40. The molecule has 0 saturated heterocycles. The van der Waals surface area contributed by atoms with Crippen LogP contribution in [0.1, 0.15) is 17.8 Å². The Morgan fingerprint density at radius 1 is 1.28 bits per heavy atom. The van der Waals surface area contributed by atoms with Crippen molar-refractivity contribution in [3.63, 3.8) is 0 Å². The minimum absolute atomic E-state index is 0.182. The first-order valence-corrected chi connectivity index (χ1v) is 10.9. The van der Waals surface area contributed by atoms with Crippen molar-refractivity contribution in [1.82, 2.24) is 9.55 Å². The van der Waals surface area contributed by atoms with Crippen LogP contribution in [0.4, 0.5) is 5.95 Å². The fourth-order valence-corrected chi connectivity index (χ4v) is 5.39. The number of thiazole rings is 1. The molecule has 0 bridgehead atoms. The van der Waals surface area contributed by atoms with Gasteiger partial charge in [-0.3, -0.25) is 4.90 Å². The van der Waals surface area contributed by atoms with Crippen LogP contribution in [0, 0.1) is 0 Å². The molecule has 0 fully saturated rings. The van der Waals surface area contributed by atoms with Crippen LogP contribution in [0.2, 0.25) is 14.5 Å². The number of methoxy groups -OCH3 is 1. The Kier molecular flexibility index (Phi) is 5.50. The summed E-state index contributed by atoms with van der Waals surface area (Å²) in [6, 6.07) is 4.86. The van der Waals surface area contributed by atoms with Crippen molar-refractivity contribution in [1.29, 1.82) is 0 Å². The van der Waals surface area contributed by atoms with Gasteiger partial charge in [-0.05, 0) is 30.7 Å². The largest absolute Gasteiger partial charge is 0.471 e. The maximum atomic E-state index is 13.8. The maximum Gasteiger partial charge on any atom is 0.366 e. The highest BCUT2D eigenvalue weighted by atomic mass is 35.5. The normalized spacial score (nSPS) is 15.7. The van der Waals surface area contributed by atoms with Gasteiger partial charge in [0.25, 0.3) is 5.88 Å². The second kappa shape index (κ2) is 7.80. The molecular formula is C19H18Cl3N4O2S+. The number of anilines is 1. The van der Waals surface area contributed by atoms with E-state index in [1.54, 1.807) is 36.1 Å². The molecule has 152 valence electrons. The highest BCUT2D eigenvalue weighted by Gasteiger charge is 2.43. The summed E-state index contributed by atoms with van der Waals surface area (Å²) in [5, 5.41) is 0.895. The lowest BCUT2D eigenvalue weighted by molar-refractivity contribution is -0.667. The molecule has 1 aliphatic rings. The number of ether oxygens (including phenoxy) is 1. The van der Waals surface area contributed by atoms with E-state index in [1.165, 1.54) is 11.3 Å². The molecule has 0 radical (unpaired) electrons. The van der Waals surface area contributed by atoms with E-state index in [0.29, 0.717) is 38.1 Å². The number of rotatable bonds is 4. The topological polar surface area (TPSA) is 51.2 Å². The van der Waals surface area contributed by atoms with Gasteiger partial charge in [-0.15, -0.1) is 11.3 Å². The van der Waals surface area contributed by atoms with Gasteiger partial charge in [0.1, 0.15) is 12.1 Å². The van der Waals surface area contributed by atoms with E-state index in [9.17, 15) is 4.79 Å². The van der Waals surface area contributed by atoms with Gasteiger partial charge in [0.2, 0.25) is 0 Å².